The number of nitrogens with one attached hydrogen (secondary N) is 2. The van der Waals surface area contributed by atoms with Crippen molar-refractivity contribution in [3.63, 3.8) is 0 Å². The number of hydrogen-bond donors (Lipinski definition) is 2. The third-order valence-electron chi connectivity index (χ3n) is 2.61. The minimum Gasteiger partial charge on any atom is -0.353 e. The molecule has 0 spiro atoms. The van der Waals surface area contributed by atoms with E-state index in [1.807, 2.05) is 0 Å². The lowest BCUT2D eigenvalue weighted by atomic mass is 10.4. The Morgan fingerprint density at radius 2 is 2.38 bits per heavy atom. The standard InChI is InChI=1S/C12H16N6O2S/c1-8-5-10(19)17-12(16-8)21-9(2)11(20)14-3-4-18-7-13-6-15-18/h5-7,9H,3-4H2,1-2H3,(H,14,20)(H,16,17,19)/t9-/m1/s1. The van der Waals surface area contributed by atoms with Gasteiger partial charge in [0.15, 0.2) is 5.16 Å². The Labute approximate surface area is 125 Å². The Kier molecular flexibility index (Phi) is 5.09. The first kappa shape index (κ1) is 15.2. The van der Waals surface area contributed by atoms with Gasteiger partial charge in [-0.05, 0) is 13.8 Å². The molecule has 0 saturated carbocycles. The number of nitrogens with zero attached hydrogens (tertiary/aromatic N) is 4. The predicted octanol–water partition coefficient (Wildman–Crippen LogP) is -0.0332. The van der Waals surface area contributed by atoms with Gasteiger partial charge in [0.05, 0.1) is 11.8 Å². The zero-order chi connectivity index (χ0) is 15.2. The van der Waals surface area contributed by atoms with Crippen LogP contribution in [0.1, 0.15) is 12.6 Å². The molecule has 0 unspecified atom stereocenters. The number of aryl methyl sites for hydroxylation is 1. The van der Waals surface area contributed by atoms with Crippen LogP contribution in [-0.4, -0.2) is 42.4 Å². The molecule has 1 amide bonds. The number of H-pyrrole nitrogens is 1. The third kappa shape index (κ3) is 4.71. The summed E-state index contributed by atoms with van der Waals surface area (Å²) in [5, 5.41) is 6.83. The molecule has 8 nitrogen and oxygen atoms in total. The normalized spacial score (nSPS) is 12.1. The van der Waals surface area contributed by atoms with Crippen LogP contribution in [0.3, 0.4) is 0 Å². The maximum absolute atomic E-state index is 11.9. The summed E-state index contributed by atoms with van der Waals surface area (Å²) >= 11 is 1.21. The monoisotopic (exact) mass is 308 g/mol. The number of carbonyl (C=O) groups excluding carboxylic acids is 1. The van der Waals surface area contributed by atoms with Crippen LogP contribution >= 0.6 is 11.8 Å². The summed E-state index contributed by atoms with van der Waals surface area (Å²) in [6, 6.07) is 1.41. The van der Waals surface area contributed by atoms with Gasteiger partial charge in [0, 0.05) is 18.3 Å². The van der Waals surface area contributed by atoms with Gasteiger partial charge >= 0.3 is 0 Å². The topological polar surface area (TPSA) is 106 Å². The first-order valence-electron chi connectivity index (χ1n) is 6.39. The van der Waals surface area contributed by atoms with Gasteiger partial charge in [-0.15, -0.1) is 0 Å². The van der Waals surface area contributed by atoms with Crippen LogP contribution in [0.2, 0.25) is 0 Å². The molecule has 2 heterocycles. The van der Waals surface area contributed by atoms with E-state index in [-0.39, 0.29) is 16.7 Å². The van der Waals surface area contributed by atoms with Gasteiger partial charge in [-0.2, -0.15) is 5.10 Å². The fourth-order valence-corrected chi connectivity index (χ4v) is 2.50. The SMILES string of the molecule is Cc1cc(=O)[nH]c(S[C@H](C)C(=O)NCCn2cncn2)n1. The largest absolute Gasteiger partial charge is 0.353 e. The van der Waals surface area contributed by atoms with E-state index in [0.29, 0.717) is 23.9 Å². The number of hydrogen-bond acceptors (Lipinski definition) is 6. The Morgan fingerprint density at radius 3 is 3.05 bits per heavy atom. The maximum atomic E-state index is 11.9. The average molecular weight is 308 g/mol. The molecule has 2 rings (SSSR count). The summed E-state index contributed by atoms with van der Waals surface area (Å²) in [6.45, 7) is 4.52. The number of thioether (sulfide) groups is 1. The van der Waals surface area contributed by atoms with E-state index in [9.17, 15) is 9.59 Å². The van der Waals surface area contributed by atoms with Gasteiger partial charge < -0.3 is 10.3 Å². The molecular formula is C12H16N6O2S. The minimum absolute atomic E-state index is 0.121. The van der Waals surface area contributed by atoms with E-state index in [1.54, 1.807) is 24.9 Å². The smallest absolute Gasteiger partial charge is 0.251 e. The minimum atomic E-state index is -0.356. The molecule has 1 atom stereocenters. The highest BCUT2D eigenvalue weighted by Crippen LogP contribution is 2.18. The summed E-state index contributed by atoms with van der Waals surface area (Å²) in [6.07, 6.45) is 3.03. The zero-order valence-corrected chi connectivity index (χ0v) is 12.6. The summed E-state index contributed by atoms with van der Waals surface area (Å²) in [4.78, 5) is 33.9. The highest BCUT2D eigenvalue weighted by Gasteiger charge is 2.15. The molecule has 9 heteroatoms. The van der Waals surface area contributed by atoms with E-state index in [1.165, 1.54) is 24.2 Å². The molecule has 2 N–H and O–H groups in total. The van der Waals surface area contributed by atoms with Crippen LogP contribution in [0.15, 0.2) is 28.7 Å². The molecule has 0 saturated heterocycles. The van der Waals surface area contributed by atoms with E-state index < -0.39 is 0 Å². The van der Waals surface area contributed by atoms with Crippen molar-refractivity contribution in [1.82, 2.24) is 30.0 Å². The molecule has 0 aromatic carbocycles. The molecule has 0 aliphatic rings. The van der Waals surface area contributed by atoms with E-state index in [4.69, 9.17) is 0 Å². The molecule has 21 heavy (non-hydrogen) atoms. The van der Waals surface area contributed by atoms with E-state index in [0.717, 1.165) is 0 Å². The number of amides is 1. The van der Waals surface area contributed by atoms with Crippen molar-refractivity contribution in [3.05, 3.63) is 34.8 Å². The van der Waals surface area contributed by atoms with Gasteiger partial charge in [0.2, 0.25) is 5.91 Å². The molecule has 0 aliphatic heterocycles. The number of carbonyl (C=O) groups is 1. The Balaban J connectivity index is 1.83. The Bertz CT molecular complexity index is 654. The highest BCUT2D eigenvalue weighted by molar-refractivity contribution is 8.00. The second-order valence-corrected chi connectivity index (χ2v) is 5.73. The van der Waals surface area contributed by atoms with Crippen LogP contribution in [0, 0.1) is 6.92 Å². The highest BCUT2D eigenvalue weighted by atomic mass is 32.2. The number of rotatable bonds is 6. The van der Waals surface area contributed by atoms with Crippen molar-refractivity contribution in [2.24, 2.45) is 0 Å². The quantitative estimate of drug-likeness (QED) is 0.573. The molecule has 0 radical (unpaired) electrons. The van der Waals surface area contributed by atoms with Gasteiger partial charge in [-0.25, -0.2) is 9.97 Å². The second kappa shape index (κ2) is 7.02. The van der Waals surface area contributed by atoms with Gasteiger partial charge in [-0.3, -0.25) is 14.3 Å². The van der Waals surface area contributed by atoms with E-state index >= 15 is 0 Å². The van der Waals surface area contributed by atoms with Gasteiger partial charge in [0.1, 0.15) is 12.7 Å². The molecular weight excluding hydrogens is 292 g/mol. The summed E-state index contributed by atoms with van der Waals surface area (Å²) in [5.74, 6) is -0.121. The van der Waals surface area contributed by atoms with Crippen molar-refractivity contribution >= 4 is 17.7 Å². The van der Waals surface area contributed by atoms with Crippen molar-refractivity contribution in [3.8, 4) is 0 Å². The van der Waals surface area contributed by atoms with Crippen LogP contribution in [0.5, 0.6) is 0 Å². The van der Waals surface area contributed by atoms with Crippen molar-refractivity contribution < 1.29 is 4.79 Å². The lowest BCUT2D eigenvalue weighted by Gasteiger charge is -2.11. The van der Waals surface area contributed by atoms with Crippen LogP contribution in [0.4, 0.5) is 0 Å². The third-order valence-corrected chi connectivity index (χ3v) is 3.60. The lowest BCUT2D eigenvalue weighted by Crippen LogP contribution is -2.33. The molecule has 0 bridgehead atoms. The van der Waals surface area contributed by atoms with Gasteiger partial charge in [0.25, 0.3) is 5.56 Å². The average Bonchev–Trinajstić information content (AvgIpc) is 2.90. The summed E-state index contributed by atoms with van der Waals surface area (Å²) in [5.41, 5.74) is 0.406. The lowest BCUT2D eigenvalue weighted by molar-refractivity contribution is -0.120. The zero-order valence-electron chi connectivity index (χ0n) is 11.7. The van der Waals surface area contributed by atoms with E-state index in [2.05, 4.69) is 25.4 Å². The van der Waals surface area contributed by atoms with Crippen molar-refractivity contribution in [2.75, 3.05) is 6.54 Å². The number of aromatic nitrogens is 5. The van der Waals surface area contributed by atoms with Gasteiger partial charge in [-0.1, -0.05) is 11.8 Å². The molecule has 2 aromatic rings. The van der Waals surface area contributed by atoms with Crippen molar-refractivity contribution in [1.29, 1.82) is 0 Å². The first-order chi connectivity index (χ1) is 10.0. The summed E-state index contributed by atoms with van der Waals surface area (Å²) < 4.78 is 1.64. The molecule has 0 aliphatic carbocycles. The predicted molar refractivity (Wildman–Crippen MR) is 77.9 cm³/mol. The van der Waals surface area contributed by atoms with Crippen LogP contribution < -0.4 is 10.9 Å². The fourth-order valence-electron chi connectivity index (χ4n) is 1.61. The molecule has 2 aromatic heterocycles. The molecule has 0 fully saturated rings. The first-order valence-corrected chi connectivity index (χ1v) is 7.27. The Hall–Kier alpha value is -2.16. The maximum Gasteiger partial charge on any atom is 0.251 e. The Morgan fingerprint density at radius 1 is 1.57 bits per heavy atom. The number of aromatic amines is 1. The second-order valence-electron chi connectivity index (χ2n) is 4.40. The summed E-state index contributed by atoms with van der Waals surface area (Å²) in [7, 11) is 0. The fraction of sp³-hybridized carbons (Fsp3) is 0.417. The van der Waals surface area contributed by atoms with Crippen molar-refractivity contribution in [2.45, 2.75) is 30.8 Å². The molecule has 112 valence electrons. The van der Waals surface area contributed by atoms with Crippen LogP contribution in [0.25, 0.3) is 0 Å². The van der Waals surface area contributed by atoms with Crippen LogP contribution in [-0.2, 0) is 11.3 Å².